The second-order valence-corrected chi connectivity index (χ2v) is 8.00. The maximum absolute atomic E-state index is 11.6. The Labute approximate surface area is 136 Å². The van der Waals surface area contributed by atoms with Crippen molar-refractivity contribution in [1.29, 1.82) is 0 Å². The summed E-state index contributed by atoms with van der Waals surface area (Å²) in [6.45, 7) is 7.92. The number of aromatic nitrogens is 2. The van der Waals surface area contributed by atoms with Crippen molar-refractivity contribution in [3.8, 4) is 0 Å². The van der Waals surface area contributed by atoms with E-state index in [1.165, 1.54) is 6.42 Å². The van der Waals surface area contributed by atoms with Crippen molar-refractivity contribution in [2.75, 3.05) is 13.7 Å². The van der Waals surface area contributed by atoms with E-state index in [1.54, 1.807) is 13.3 Å². The number of halogens is 1. The highest BCUT2D eigenvalue weighted by Gasteiger charge is 2.48. The van der Waals surface area contributed by atoms with Gasteiger partial charge in [-0.15, -0.1) is 0 Å². The number of rotatable bonds is 4. The van der Waals surface area contributed by atoms with E-state index in [4.69, 9.17) is 4.74 Å². The van der Waals surface area contributed by atoms with Gasteiger partial charge in [0.25, 0.3) is 0 Å². The van der Waals surface area contributed by atoms with Crippen molar-refractivity contribution >= 4 is 15.9 Å². The molecule has 2 atom stereocenters. The molecule has 2 rings (SSSR count). The van der Waals surface area contributed by atoms with Crippen LogP contribution in [-0.4, -0.2) is 28.6 Å². The topological polar surface area (TPSA) is 47.3 Å². The number of hydrogen-bond donors (Lipinski definition) is 1. The lowest BCUT2D eigenvalue weighted by atomic mass is 9.62. The third-order valence-electron chi connectivity index (χ3n) is 4.63. The van der Waals surface area contributed by atoms with Crippen molar-refractivity contribution in [2.24, 2.45) is 11.3 Å². The van der Waals surface area contributed by atoms with Gasteiger partial charge in [-0.2, -0.15) is 5.10 Å². The highest BCUT2D eigenvalue weighted by molar-refractivity contribution is 9.10. The second kappa shape index (κ2) is 6.39. The molecule has 0 bridgehead atoms. The lowest BCUT2D eigenvalue weighted by molar-refractivity contribution is -0.102. The molecule has 1 heterocycles. The van der Waals surface area contributed by atoms with Crippen molar-refractivity contribution < 1.29 is 9.84 Å². The first-order valence-corrected chi connectivity index (χ1v) is 8.53. The third-order valence-corrected chi connectivity index (χ3v) is 5.21. The predicted molar refractivity (Wildman–Crippen MR) is 87.1 cm³/mol. The van der Waals surface area contributed by atoms with Crippen LogP contribution in [0.1, 0.15) is 52.1 Å². The average molecular weight is 359 g/mol. The molecular weight excluding hydrogens is 332 g/mol. The molecule has 0 aliphatic heterocycles. The molecule has 0 radical (unpaired) electrons. The van der Waals surface area contributed by atoms with Crippen LogP contribution in [0.5, 0.6) is 0 Å². The van der Waals surface area contributed by atoms with Gasteiger partial charge in [-0.3, -0.25) is 4.68 Å². The lowest BCUT2D eigenvalue weighted by Gasteiger charge is -2.47. The Bertz CT molecular complexity index is 481. The second-order valence-electron chi connectivity index (χ2n) is 7.15. The fourth-order valence-corrected chi connectivity index (χ4v) is 4.37. The first-order valence-electron chi connectivity index (χ1n) is 7.74. The summed E-state index contributed by atoms with van der Waals surface area (Å²) < 4.78 is 7.97. The maximum atomic E-state index is 11.6. The molecule has 1 aromatic rings. The molecule has 0 saturated heterocycles. The summed E-state index contributed by atoms with van der Waals surface area (Å²) in [5.74, 6) is 0.230. The molecule has 1 fully saturated rings. The predicted octanol–water partition coefficient (Wildman–Crippen LogP) is 3.72. The SMILES string of the molecule is COCCn1ncc(Br)c1C1(O)CCCCC1C(C)(C)C. The molecule has 0 aromatic carbocycles. The first-order chi connectivity index (χ1) is 9.80. The van der Waals surface area contributed by atoms with E-state index >= 15 is 0 Å². The summed E-state index contributed by atoms with van der Waals surface area (Å²) >= 11 is 3.59. The van der Waals surface area contributed by atoms with E-state index in [-0.39, 0.29) is 11.3 Å². The molecule has 1 saturated carbocycles. The van der Waals surface area contributed by atoms with Crippen LogP contribution in [0, 0.1) is 11.3 Å². The van der Waals surface area contributed by atoms with Crippen LogP contribution in [0.2, 0.25) is 0 Å². The molecule has 120 valence electrons. The van der Waals surface area contributed by atoms with Gasteiger partial charge in [0.05, 0.1) is 29.5 Å². The van der Waals surface area contributed by atoms with Crippen LogP contribution < -0.4 is 0 Å². The largest absolute Gasteiger partial charge is 0.383 e. The molecular formula is C16H27BrN2O2. The Morgan fingerprint density at radius 2 is 2.19 bits per heavy atom. The van der Waals surface area contributed by atoms with Gasteiger partial charge in [-0.05, 0) is 40.1 Å². The van der Waals surface area contributed by atoms with Crippen molar-refractivity contribution in [1.82, 2.24) is 9.78 Å². The molecule has 2 unspecified atom stereocenters. The van der Waals surface area contributed by atoms with Crippen LogP contribution in [-0.2, 0) is 16.9 Å². The number of ether oxygens (including phenoxy) is 1. The van der Waals surface area contributed by atoms with E-state index < -0.39 is 5.60 Å². The number of aliphatic hydroxyl groups is 1. The number of nitrogens with zero attached hydrogens (tertiary/aromatic N) is 2. The summed E-state index contributed by atoms with van der Waals surface area (Å²) in [4.78, 5) is 0. The Kier molecular flexibility index (Phi) is 5.16. The van der Waals surface area contributed by atoms with E-state index in [2.05, 4.69) is 41.8 Å². The Morgan fingerprint density at radius 3 is 2.81 bits per heavy atom. The van der Waals surface area contributed by atoms with Crippen LogP contribution in [0.3, 0.4) is 0 Å². The zero-order valence-corrected chi connectivity index (χ0v) is 15.1. The normalized spacial score (nSPS) is 27.0. The van der Waals surface area contributed by atoms with Gasteiger partial charge < -0.3 is 9.84 Å². The van der Waals surface area contributed by atoms with Crippen molar-refractivity contribution in [3.63, 3.8) is 0 Å². The van der Waals surface area contributed by atoms with Gasteiger partial charge in [0.1, 0.15) is 5.60 Å². The van der Waals surface area contributed by atoms with Gasteiger partial charge in [0.15, 0.2) is 0 Å². The summed E-state index contributed by atoms with van der Waals surface area (Å²) in [6, 6.07) is 0. The third kappa shape index (κ3) is 3.35. The molecule has 1 aliphatic rings. The molecule has 0 amide bonds. The summed E-state index contributed by atoms with van der Waals surface area (Å²) in [5.41, 5.74) is 0.157. The standard InChI is InChI=1S/C16H27BrN2O2/c1-15(2,3)13-7-5-6-8-16(13,20)14-12(17)11-18-19(14)9-10-21-4/h11,13,20H,5-10H2,1-4H3. The summed E-state index contributed by atoms with van der Waals surface area (Å²) in [6.07, 6.45) is 5.89. The number of hydrogen-bond acceptors (Lipinski definition) is 3. The zero-order valence-electron chi connectivity index (χ0n) is 13.5. The zero-order chi connectivity index (χ0) is 15.7. The molecule has 1 N–H and O–H groups in total. The maximum Gasteiger partial charge on any atom is 0.111 e. The molecule has 21 heavy (non-hydrogen) atoms. The monoisotopic (exact) mass is 358 g/mol. The van der Waals surface area contributed by atoms with Crippen molar-refractivity contribution in [2.45, 2.75) is 58.6 Å². The van der Waals surface area contributed by atoms with Gasteiger partial charge in [-0.1, -0.05) is 33.6 Å². The van der Waals surface area contributed by atoms with Gasteiger partial charge in [0.2, 0.25) is 0 Å². The van der Waals surface area contributed by atoms with Crippen LogP contribution in [0.15, 0.2) is 10.7 Å². The van der Waals surface area contributed by atoms with E-state index in [1.807, 2.05) is 4.68 Å². The Hall–Kier alpha value is -0.390. The fraction of sp³-hybridized carbons (Fsp3) is 0.812. The van der Waals surface area contributed by atoms with Gasteiger partial charge in [0, 0.05) is 7.11 Å². The molecule has 1 aromatic heterocycles. The summed E-state index contributed by atoms with van der Waals surface area (Å²) in [7, 11) is 1.69. The minimum atomic E-state index is -0.820. The molecule has 4 nitrogen and oxygen atoms in total. The lowest BCUT2D eigenvalue weighted by Crippen LogP contribution is -2.46. The fourth-order valence-electron chi connectivity index (χ4n) is 3.73. The van der Waals surface area contributed by atoms with E-state index in [0.717, 1.165) is 29.4 Å². The highest BCUT2D eigenvalue weighted by Crippen LogP contribution is 2.51. The highest BCUT2D eigenvalue weighted by atomic mass is 79.9. The molecule has 5 heteroatoms. The number of methoxy groups -OCH3 is 1. The van der Waals surface area contributed by atoms with Crippen LogP contribution >= 0.6 is 15.9 Å². The average Bonchev–Trinajstić information content (AvgIpc) is 2.77. The Balaban J connectivity index is 2.43. The quantitative estimate of drug-likeness (QED) is 0.891. The van der Waals surface area contributed by atoms with Crippen LogP contribution in [0.25, 0.3) is 0 Å². The van der Waals surface area contributed by atoms with Crippen molar-refractivity contribution in [3.05, 3.63) is 16.4 Å². The van der Waals surface area contributed by atoms with E-state index in [9.17, 15) is 5.11 Å². The minimum Gasteiger partial charge on any atom is -0.383 e. The minimum absolute atomic E-state index is 0.0605. The molecule has 0 spiro atoms. The smallest absolute Gasteiger partial charge is 0.111 e. The Morgan fingerprint density at radius 1 is 1.48 bits per heavy atom. The van der Waals surface area contributed by atoms with Gasteiger partial charge >= 0.3 is 0 Å². The molecule has 1 aliphatic carbocycles. The summed E-state index contributed by atoms with van der Waals surface area (Å²) in [5, 5.41) is 16.0. The van der Waals surface area contributed by atoms with E-state index in [0.29, 0.717) is 13.2 Å². The van der Waals surface area contributed by atoms with Crippen LogP contribution in [0.4, 0.5) is 0 Å². The first kappa shape index (κ1) is 17.0. The van der Waals surface area contributed by atoms with Gasteiger partial charge in [-0.25, -0.2) is 0 Å².